The van der Waals surface area contributed by atoms with Crippen molar-refractivity contribution in [2.24, 2.45) is 5.73 Å². The molecule has 0 saturated carbocycles. The molecular formula is C21H16N6O3S. The number of carbonyl (C=O) groups is 3. The number of hydrogen-bond acceptors (Lipinski definition) is 6. The van der Waals surface area contributed by atoms with Crippen molar-refractivity contribution in [1.82, 2.24) is 25.6 Å². The van der Waals surface area contributed by atoms with Crippen LogP contribution in [0.4, 0.5) is 0 Å². The SMILES string of the molecule is NC(=O)c1ccc(C(=O)NNC(=O)c2nc(-c3ccccc3)n(-c3ccccc3)n2)s1. The maximum atomic E-state index is 12.6. The Hall–Kier alpha value is -4.31. The summed E-state index contributed by atoms with van der Waals surface area (Å²) >= 11 is 0.924. The summed E-state index contributed by atoms with van der Waals surface area (Å²) in [6.07, 6.45) is 0. The number of amides is 3. The summed E-state index contributed by atoms with van der Waals surface area (Å²) in [5, 5.41) is 4.32. The van der Waals surface area contributed by atoms with E-state index in [1.807, 2.05) is 60.7 Å². The third-order valence-corrected chi connectivity index (χ3v) is 5.30. The molecule has 0 fully saturated rings. The molecule has 0 saturated heterocycles. The highest BCUT2D eigenvalue weighted by molar-refractivity contribution is 7.15. The average Bonchev–Trinajstić information content (AvgIpc) is 3.47. The minimum Gasteiger partial charge on any atom is -0.365 e. The number of hydrazine groups is 1. The maximum absolute atomic E-state index is 12.6. The molecule has 4 N–H and O–H groups in total. The number of primary amides is 1. The van der Waals surface area contributed by atoms with Crippen LogP contribution in [0.15, 0.2) is 72.8 Å². The highest BCUT2D eigenvalue weighted by Gasteiger charge is 2.20. The zero-order valence-corrected chi connectivity index (χ0v) is 16.8. The summed E-state index contributed by atoms with van der Waals surface area (Å²) in [7, 11) is 0. The fourth-order valence-corrected chi connectivity index (χ4v) is 3.51. The predicted octanol–water partition coefficient (Wildman–Crippen LogP) is 2.17. The van der Waals surface area contributed by atoms with Gasteiger partial charge in [0.15, 0.2) is 5.82 Å². The molecule has 0 spiro atoms. The highest BCUT2D eigenvalue weighted by atomic mass is 32.1. The van der Waals surface area contributed by atoms with Gasteiger partial charge in [-0.2, -0.15) is 0 Å². The van der Waals surface area contributed by atoms with Crippen molar-refractivity contribution >= 4 is 29.1 Å². The lowest BCUT2D eigenvalue weighted by atomic mass is 10.2. The second kappa shape index (κ2) is 8.59. The van der Waals surface area contributed by atoms with Gasteiger partial charge >= 0.3 is 5.91 Å². The van der Waals surface area contributed by atoms with E-state index in [-0.39, 0.29) is 15.6 Å². The second-order valence-electron chi connectivity index (χ2n) is 6.31. The van der Waals surface area contributed by atoms with Gasteiger partial charge in [-0.1, -0.05) is 48.5 Å². The van der Waals surface area contributed by atoms with E-state index >= 15 is 0 Å². The number of hydrogen-bond donors (Lipinski definition) is 3. The summed E-state index contributed by atoms with van der Waals surface area (Å²) in [6.45, 7) is 0. The zero-order valence-electron chi connectivity index (χ0n) is 16.0. The summed E-state index contributed by atoms with van der Waals surface area (Å²) < 4.78 is 1.56. The topological polar surface area (TPSA) is 132 Å². The fraction of sp³-hybridized carbons (Fsp3) is 0. The van der Waals surface area contributed by atoms with Crippen LogP contribution in [0, 0.1) is 0 Å². The maximum Gasteiger partial charge on any atom is 0.309 e. The average molecular weight is 432 g/mol. The number of nitrogens with zero attached hydrogens (tertiary/aromatic N) is 3. The number of aromatic nitrogens is 3. The van der Waals surface area contributed by atoms with E-state index in [0.29, 0.717) is 5.82 Å². The van der Waals surface area contributed by atoms with E-state index in [9.17, 15) is 14.4 Å². The van der Waals surface area contributed by atoms with Crippen LogP contribution < -0.4 is 16.6 Å². The van der Waals surface area contributed by atoms with E-state index in [2.05, 4.69) is 20.9 Å². The molecule has 154 valence electrons. The van der Waals surface area contributed by atoms with Crippen LogP contribution in [0.5, 0.6) is 0 Å². The number of nitrogens with two attached hydrogens (primary N) is 1. The van der Waals surface area contributed by atoms with Gasteiger partial charge in [0, 0.05) is 5.56 Å². The summed E-state index contributed by atoms with van der Waals surface area (Å²) in [6, 6.07) is 21.5. The molecule has 0 aliphatic heterocycles. The van der Waals surface area contributed by atoms with Gasteiger partial charge in [0.1, 0.15) is 0 Å². The van der Waals surface area contributed by atoms with Gasteiger partial charge in [0.25, 0.3) is 11.8 Å². The first-order valence-electron chi connectivity index (χ1n) is 9.11. The van der Waals surface area contributed by atoms with Gasteiger partial charge in [0.2, 0.25) is 5.82 Å². The Balaban J connectivity index is 1.56. The molecule has 4 aromatic rings. The highest BCUT2D eigenvalue weighted by Crippen LogP contribution is 2.21. The predicted molar refractivity (Wildman–Crippen MR) is 115 cm³/mol. The van der Waals surface area contributed by atoms with E-state index in [1.54, 1.807) is 4.68 Å². The third kappa shape index (κ3) is 4.33. The van der Waals surface area contributed by atoms with Crippen molar-refractivity contribution in [2.45, 2.75) is 0 Å². The summed E-state index contributed by atoms with van der Waals surface area (Å²) in [4.78, 5) is 40.8. The summed E-state index contributed by atoms with van der Waals surface area (Å²) in [5.41, 5.74) is 11.3. The number of rotatable bonds is 5. The molecule has 9 nitrogen and oxygen atoms in total. The monoisotopic (exact) mass is 432 g/mol. The van der Waals surface area contributed by atoms with Crippen LogP contribution in [0.25, 0.3) is 17.1 Å². The van der Waals surface area contributed by atoms with Gasteiger partial charge in [0.05, 0.1) is 15.4 Å². The Bertz CT molecular complexity index is 1190. The Morgan fingerprint density at radius 1 is 0.806 bits per heavy atom. The van der Waals surface area contributed by atoms with Gasteiger partial charge in [-0.25, -0.2) is 9.67 Å². The van der Waals surface area contributed by atoms with Gasteiger partial charge in [-0.15, -0.1) is 16.4 Å². The molecule has 0 radical (unpaired) electrons. The first kappa shape index (κ1) is 20.0. The van der Waals surface area contributed by atoms with Crippen molar-refractivity contribution in [3.8, 4) is 17.1 Å². The Labute approximate surface area is 180 Å². The van der Waals surface area contributed by atoms with E-state index < -0.39 is 17.7 Å². The number of nitrogens with one attached hydrogen (secondary N) is 2. The first-order chi connectivity index (χ1) is 15.0. The molecule has 0 aliphatic carbocycles. The van der Waals surface area contributed by atoms with Gasteiger partial charge < -0.3 is 5.73 Å². The van der Waals surface area contributed by atoms with Gasteiger partial charge in [-0.3, -0.25) is 25.2 Å². The first-order valence-corrected chi connectivity index (χ1v) is 9.93. The lowest BCUT2D eigenvalue weighted by molar-refractivity contribution is 0.0843. The number of carbonyl (C=O) groups excluding carboxylic acids is 3. The molecule has 10 heteroatoms. The molecule has 0 aliphatic rings. The Morgan fingerprint density at radius 3 is 2.06 bits per heavy atom. The molecule has 3 amide bonds. The lowest BCUT2D eigenvalue weighted by Crippen LogP contribution is -2.41. The molecular weight excluding hydrogens is 416 g/mol. The molecule has 0 atom stereocenters. The lowest BCUT2D eigenvalue weighted by Gasteiger charge is -2.05. The van der Waals surface area contributed by atoms with Crippen LogP contribution in [-0.4, -0.2) is 32.5 Å². The van der Waals surface area contributed by atoms with Crippen molar-refractivity contribution in [3.63, 3.8) is 0 Å². The number of para-hydroxylation sites is 1. The molecule has 0 unspecified atom stereocenters. The van der Waals surface area contributed by atoms with E-state index in [4.69, 9.17) is 5.73 Å². The van der Waals surface area contributed by atoms with Crippen LogP contribution >= 0.6 is 11.3 Å². The van der Waals surface area contributed by atoms with Crippen LogP contribution in [0.3, 0.4) is 0 Å². The number of thiophene rings is 1. The van der Waals surface area contributed by atoms with Crippen LogP contribution in [0.1, 0.15) is 30.0 Å². The zero-order chi connectivity index (χ0) is 21.8. The number of benzene rings is 2. The minimum atomic E-state index is -0.688. The molecule has 31 heavy (non-hydrogen) atoms. The standard InChI is InChI=1S/C21H16N6O3S/c22-17(28)15-11-12-16(31-15)20(29)24-25-21(30)18-23-19(13-7-3-1-4-8-13)27(26-18)14-9-5-2-6-10-14/h1-12H,(H2,22,28)(H,24,29)(H,25,30). The van der Waals surface area contributed by atoms with Gasteiger partial charge in [-0.05, 0) is 24.3 Å². The quantitative estimate of drug-likeness (QED) is 0.416. The molecule has 4 rings (SSSR count). The second-order valence-corrected chi connectivity index (χ2v) is 7.39. The molecule has 2 aromatic carbocycles. The van der Waals surface area contributed by atoms with Crippen molar-refractivity contribution in [2.75, 3.05) is 0 Å². The van der Waals surface area contributed by atoms with Crippen molar-refractivity contribution in [1.29, 1.82) is 0 Å². The van der Waals surface area contributed by atoms with Crippen LogP contribution in [0.2, 0.25) is 0 Å². The normalized spacial score (nSPS) is 10.5. The van der Waals surface area contributed by atoms with Crippen molar-refractivity contribution in [3.05, 3.63) is 88.4 Å². The Morgan fingerprint density at radius 2 is 1.42 bits per heavy atom. The van der Waals surface area contributed by atoms with E-state index in [0.717, 1.165) is 22.6 Å². The van der Waals surface area contributed by atoms with Crippen molar-refractivity contribution < 1.29 is 14.4 Å². The third-order valence-electron chi connectivity index (χ3n) is 4.21. The fourth-order valence-electron chi connectivity index (χ4n) is 2.75. The smallest absolute Gasteiger partial charge is 0.309 e. The largest absolute Gasteiger partial charge is 0.365 e. The Kier molecular flexibility index (Phi) is 5.54. The minimum absolute atomic E-state index is 0.119. The molecule has 0 bridgehead atoms. The molecule has 2 heterocycles. The summed E-state index contributed by atoms with van der Waals surface area (Å²) in [5.74, 6) is -1.54. The molecule has 2 aromatic heterocycles. The van der Waals surface area contributed by atoms with E-state index in [1.165, 1.54) is 12.1 Å². The van der Waals surface area contributed by atoms with Crippen LogP contribution in [-0.2, 0) is 0 Å².